The average molecular weight is 325 g/mol. The van der Waals surface area contributed by atoms with Crippen LogP contribution in [0.5, 0.6) is 0 Å². The number of carbonyl (C=O) groups is 1. The Balaban J connectivity index is 1.93. The van der Waals surface area contributed by atoms with Gasteiger partial charge in [0.25, 0.3) is 0 Å². The summed E-state index contributed by atoms with van der Waals surface area (Å²) in [5.41, 5.74) is 0.773. The Labute approximate surface area is 135 Å². The van der Waals surface area contributed by atoms with Crippen LogP contribution in [0.3, 0.4) is 0 Å². The van der Waals surface area contributed by atoms with E-state index in [1.54, 1.807) is 11.8 Å². The lowest BCUT2D eigenvalue weighted by Gasteiger charge is -2.35. The maximum absolute atomic E-state index is 12.2. The van der Waals surface area contributed by atoms with Gasteiger partial charge >= 0.3 is 0 Å². The fourth-order valence-electron chi connectivity index (χ4n) is 2.05. The summed E-state index contributed by atoms with van der Waals surface area (Å²) in [5, 5.41) is 4.43. The molecule has 1 atom stereocenters. The van der Waals surface area contributed by atoms with Gasteiger partial charge in [-0.3, -0.25) is 9.79 Å². The van der Waals surface area contributed by atoms with Crippen LogP contribution in [-0.4, -0.2) is 23.4 Å². The van der Waals surface area contributed by atoms with E-state index < -0.39 is 0 Å². The Kier molecular flexibility index (Phi) is 5.33. The number of nitrogens with one attached hydrogen (secondary N) is 1. The highest BCUT2D eigenvalue weighted by molar-refractivity contribution is 8.14. The molecule has 0 spiro atoms. The SMILES string of the molecule is CC(C)C1(C)CSC(=NCCc2ccccc2Cl)NC1=O. The van der Waals surface area contributed by atoms with E-state index in [4.69, 9.17) is 11.6 Å². The Morgan fingerprint density at radius 3 is 2.76 bits per heavy atom. The summed E-state index contributed by atoms with van der Waals surface area (Å²) in [4.78, 5) is 16.7. The molecule has 1 amide bonds. The minimum absolute atomic E-state index is 0.0766. The average Bonchev–Trinajstić information content (AvgIpc) is 2.44. The van der Waals surface area contributed by atoms with Gasteiger partial charge in [-0.2, -0.15) is 0 Å². The van der Waals surface area contributed by atoms with Gasteiger partial charge in [-0.15, -0.1) is 0 Å². The molecule has 114 valence electrons. The normalized spacial score (nSPS) is 24.4. The molecule has 1 aliphatic rings. The first-order chi connectivity index (χ1) is 9.93. The Hall–Kier alpha value is -1.00. The third kappa shape index (κ3) is 3.80. The highest BCUT2D eigenvalue weighted by atomic mass is 35.5. The molecule has 1 N–H and O–H groups in total. The lowest BCUT2D eigenvalue weighted by Crippen LogP contribution is -2.50. The zero-order valence-corrected chi connectivity index (χ0v) is 14.2. The van der Waals surface area contributed by atoms with Gasteiger partial charge in [0.15, 0.2) is 5.17 Å². The molecule has 1 aromatic carbocycles. The largest absolute Gasteiger partial charge is 0.305 e. The van der Waals surface area contributed by atoms with Crippen LogP contribution in [0.15, 0.2) is 29.3 Å². The molecule has 0 radical (unpaired) electrons. The van der Waals surface area contributed by atoms with Gasteiger partial charge < -0.3 is 5.32 Å². The van der Waals surface area contributed by atoms with Crippen molar-refractivity contribution in [3.05, 3.63) is 34.9 Å². The first-order valence-corrected chi connectivity index (χ1v) is 8.52. The van der Waals surface area contributed by atoms with Crippen LogP contribution >= 0.6 is 23.4 Å². The fraction of sp³-hybridized carbons (Fsp3) is 0.500. The molecule has 0 saturated carbocycles. The summed E-state index contributed by atoms with van der Waals surface area (Å²) < 4.78 is 0. The van der Waals surface area contributed by atoms with Gasteiger partial charge in [0.2, 0.25) is 5.91 Å². The number of nitrogens with zero attached hydrogens (tertiary/aromatic N) is 1. The fourth-order valence-corrected chi connectivity index (χ4v) is 3.53. The van der Waals surface area contributed by atoms with E-state index in [-0.39, 0.29) is 11.3 Å². The van der Waals surface area contributed by atoms with E-state index in [1.807, 2.05) is 31.2 Å². The minimum atomic E-state index is -0.313. The molecule has 1 heterocycles. The van der Waals surface area contributed by atoms with Crippen LogP contribution in [0.25, 0.3) is 0 Å². The summed E-state index contributed by atoms with van der Waals surface area (Å²) in [6, 6.07) is 7.78. The molecule has 1 fully saturated rings. The smallest absolute Gasteiger partial charge is 0.232 e. The molecule has 1 unspecified atom stereocenters. The third-order valence-electron chi connectivity index (χ3n) is 4.12. The van der Waals surface area contributed by atoms with Crippen LogP contribution in [0.4, 0.5) is 0 Å². The maximum Gasteiger partial charge on any atom is 0.232 e. The standard InChI is InChI=1S/C16H21ClN2OS/c1-11(2)16(3)10-21-15(19-14(16)20)18-9-8-12-6-4-5-7-13(12)17/h4-7,11H,8-10H2,1-3H3,(H,18,19,20). The topological polar surface area (TPSA) is 41.5 Å². The summed E-state index contributed by atoms with van der Waals surface area (Å²) in [6.45, 7) is 6.81. The lowest BCUT2D eigenvalue weighted by atomic mass is 9.80. The van der Waals surface area contributed by atoms with Crippen LogP contribution < -0.4 is 5.32 Å². The van der Waals surface area contributed by atoms with Crippen LogP contribution in [0.1, 0.15) is 26.3 Å². The monoisotopic (exact) mass is 324 g/mol. The highest BCUT2D eigenvalue weighted by Crippen LogP contribution is 2.34. The van der Waals surface area contributed by atoms with Crippen LogP contribution in [-0.2, 0) is 11.2 Å². The second-order valence-corrected chi connectivity index (χ2v) is 7.21. The molecule has 0 bridgehead atoms. The first-order valence-electron chi connectivity index (χ1n) is 7.15. The van der Waals surface area contributed by atoms with Crippen molar-refractivity contribution in [1.82, 2.24) is 5.32 Å². The highest BCUT2D eigenvalue weighted by Gasteiger charge is 2.40. The quantitative estimate of drug-likeness (QED) is 0.916. The second kappa shape index (κ2) is 6.84. The molecule has 1 aliphatic heterocycles. The molecule has 0 aromatic heterocycles. The van der Waals surface area contributed by atoms with E-state index >= 15 is 0 Å². The number of amides is 1. The van der Waals surface area contributed by atoms with E-state index in [9.17, 15) is 4.79 Å². The van der Waals surface area contributed by atoms with Gasteiger partial charge in [-0.1, -0.05) is 55.4 Å². The number of rotatable bonds is 4. The minimum Gasteiger partial charge on any atom is -0.305 e. The Morgan fingerprint density at radius 2 is 2.14 bits per heavy atom. The zero-order valence-electron chi connectivity index (χ0n) is 12.6. The summed E-state index contributed by atoms with van der Waals surface area (Å²) >= 11 is 7.74. The Bertz CT molecular complexity index is 559. The van der Waals surface area contributed by atoms with Crippen LogP contribution in [0, 0.1) is 11.3 Å². The van der Waals surface area contributed by atoms with Crippen molar-refractivity contribution in [3.63, 3.8) is 0 Å². The van der Waals surface area contributed by atoms with Crippen molar-refractivity contribution in [3.8, 4) is 0 Å². The number of hydrogen-bond donors (Lipinski definition) is 1. The van der Waals surface area contributed by atoms with Crippen molar-refractivity contribution >= 4 is 34.4 Å². The van der Waals surface area contributed by atoms with Crippen molar-refractivity contribution in [1.29, 1.82) is 0 Å². The van der Waals surface area contributed by atoms with Gasteiger partial charge in [-0.05, 0) is 30.9 Å². The summed E-state index contributed by atoms with van der Waals surface area (Å²) in [5.74, 6) is 1.17. The Morgan fingerprint density at radius 1 is 1.43 bits per heavy atom. The molecular formula is C16H21ClN2OS. The molecule has 0 aliphatic carbocycles. The number of halogens is 1. The van der Waals surface area contributed by atoms with Crippen molar-refractivity contribution in [2.45, 2.75) is 27.2 Å². The number of benzene rings is 1. The molecular weight excluding hydrogens is 304 g/mol. The first kappa shape index (κ1) is 16.4. The van der Waals surface area contributed by atoms with Gasteiger partial charge in [0.1, 0.15) is 0 Å². The van der Waals surface area contributed by atoms with Crippen molar-refractivity contribution in [2.24, 2.45) is 16.3 Å². The third-order valence-corrected chi connectivity index (χ3v) is 5.73. The lowest BCUT2D eigenvalue weighted by molar-refractivity contribution is -0.129. The maximum atomic E-state index is 12.2. The van der Waals surface area contributed by atoms with E-state index in [0.717, 1.165) is 27.9 Å². The van der Waals surface area contributed by atoms with Gasteiger partial charge in [0.05, 0.1) is 5.41 Å². The van der Waals surface area contributed by atoms with Crippen LogP contribution in [0.2, 0.25) is 5.02 Å². The number of aliphatic imine (C=N–C) groups is 1. The van der Waals surface area contributed by atoms with Crippen molar-refractivity contribution in [2.75, 3.05) is 12.3 Å². The number of carbonyl (C=O) groups excluding carboxylic acids is 1. The predicted molar refractivity (Wildman–Crippen MR) is 91.0 cm³/mol. The summed E-state index contributed by atoms with van der Waals surface area (Å²) in [7, 11) is 0. The molecule has 2 rings (SSSR count). The zero-order chi connectivity index (χ0) is 15.5. The number of amidine groups is 1. The van der Waals surface area contributed by atoms with E-state index in [1.165, 1.54) is 0 Å². The van der Waals surface area contributed by atoms with E-state index in [0.29, 0.717) is 12.5 Å². The van der Waals surface area contributed by atoms with Gasteiger partial charge in [-0.25, -0.2) is 0 Å². The predicted octanol–water partition coefficient (Wildman–Crippen LogP) is 3.76. The number of thioether (sulfide) groups is 1. The molecule has 21 heavy (non-hydrogen) atoms. The number of hydrogen-bond acceptors (Lipinski definition) is 3. The molecule has 1 saturated heterocycles. The second-order valence-electron chi connectivity index (χ2n) is 5.84. The molecule has 5 heteroatoms. The molecule has 3 nitrogen and oxygen atoms in total. The molecule has 1 aromatic rings. The van der Waals surface area contributed by atoms with Gasteiger partial charge in [0, 0.05) is 17.3 Å². The van der Waals surface area contributed by atoms with E-state index in [2.05, 4.69) is 24.2 Å². The summed E-state index contributed by atoms with van der Waals surface area (Å²) in [6.07, 6.45) is 0.779. The van der Waals surface area contributed by atoms with Crippen molar-refractivity contribution < 1.29 is 4.79 Å².